The topological polar surface area (TPSA) is 167 Å². The van der Waals surface area contributed by atoms with Gasteiger partial charge in [-0.1, -0.05) is 30.3 Å². The molecule has 3 N–H and O–H groups in total. The number of nitrogens with one attached hydrogen (secondary N) is 3. The molecule has 4 aromatic carbocycles. The summed E-state index contributed by atoms with van der Waals surface area (Å²) in [7, 11) is -2.41. The van der Waals surface area contributed by atoms with Crippen molar-refractivity contribution in [2.75, 3.05) is 25.5 Å². The largest absolute Gasteiger partial charge is 0.497 e. The lowest BCUT2D eigenvalue weighted by Crippen LogP contribution is -2.44. The Morgan fingerprint density at radius 3 is 2.40 bits per heavy atom. The van der Waals surface area contributed by atoms with Gasteiger partial charge in [-0.3, -0.25) is 14.4 Å². The van der Waals surface area contributed by atoms with Crippen LogP contribution in [0.4, 0.5) is 23.2 Å². The predicted octanol–water partition coefficient (Wildman–Crippen LogP) is 5.53. The average Bonchev–Trinajstić information content (AvgIpc) is 3.82. The van der Waals surface area contributed by atoms with Crippen LogP contribution in [0.15, 0.2) is 89.8 Å². The molecular weight excluding hydrogens is 750 g/mol. The van der Waals surface area contributed by atoms with Crippen molar-refractivity contribution in [3.05, 3.63) is 113 Å². The minimum Gasteiger partial charge on any atom is -0.497 e. The molecule has 0 aliphatic carbocycles. The van der Waals surface area contributed by atoms with Crippen LogP contribution in [0.5, 0.6) is 17.2 Å². The van der Waals surface area contributed by atoms with Gasteiger partial charge in [-0.25, -0.2) is 17.5 Å². The number of sulfone groups is 1. The number of alkyl halides is 3. The number of fused-ring (bicyclic) bond motifs is 1. The number of carbonyl (C=O) groups excluding carboxylic acids is 3. The number of hydrogen-bond acceptors (Lipinski definition) is 9. The number of benzene rings is 4. The number of rotatable bonds is 11. The molecule has 0 unspecified atom stereocenters. The zero-order valence-electron chi connectivity index (χ0n) is 29.2. The molecular formula is C37H31F4N5O8S. The second kappa shape index (κ2) is 15.1. The van der Waals surface area contributed by atoms with E-state index < -0.39 is 62.7 Å². The summed E-state index contributed by atoms with van der Waals surface area (Å²) in [5, 5.41) is 11.0. The fourth-order valence-electron chi connectivity index (χ4n) is 5.61. The number of anilines is 1. The van der Waals surface area contributed by atoms with Crippen LogP contribution in [-0.4, -0.2) is 62.1 Å². The van der Waals surface area contributed by atoms with E-state index in [1.165, 1.54) is 56.5 Å². The van der Waals surface area contributed by atoms with E-state index in [0.717, 1.165) is 18.4 Å². The number of carbonyl (C=O) groups is 3. The maximum Gasteiger partial charge on any atom is 0.435 e. The standard InChI is InChI=1S/C37H31F4N5O8S/c1-20(34(47)42-18-21-8-13-30-31(14-21)54-19-53-30)43-35(48)25-16-23(52-2)10-12-28(25)46-29(17-33(45-46)37(39,40)41)36(49)44-27-11-9-22(15-26(27)38)24-6-4-5-7-32(24)55(3,50)51/h4-17,20H,18-19H2,1-3H3,(H,42,47)(H,43,48)(H,44,49)/t20-/m0/s1. The Labute approximate surface area is 311 Å². The van der Waals surface area contributed by atoms with Crippen LogP contribution in [0.25, 0.3) is 16.8 Å². The van der Waals surface area contributed by atoms with Gasteiger partial charge >= 0.3 is 6.18 Å². The molecule has 3 amide bonds. The van der Waals surface area contributed by atoms with Crippen molar-refractivity contribution >= 4 is 33.2 Å². The van der Waals surface area contributed by atoms with Crippen LogP contribution in [0, 0.1) is 5.82 Å². The zero-order valence-corrected chi connectivity index (χ0v) is 30.0. The van der Waals surface area contributed by atoms with E-state index in [4.69, 9.17) is 14.2 Å². The molecule has 1 atom stereocenters. The fraction of sp³-hybridized carbons (Fsp3) is 0.189. The maximum absolute atomic E-state index is 15.4. The lowest BCUT2D eigenvalue weighted by molar-refractivity contribution is -0.141. The van der Waals surface area contributed by atoms with Crippen molar-refractivity contribution in [3.8, 4) is 34.1 Å². The second-order valence-electron chi connectivity index (χ2n) is 12.2. The van der Waals surface area contributed by atoms with Gasteiger partial charge in [0.05, 0.1) is 28.9 Å². The molecule has 18 heteroatoms. The Bertz CT molecular complexity index is 2430. The van der Waals surface area contributed by atoms with Gasteiger partial charge in [0, 0.05) is 24.4 Å². The van der Waals surface area contributed by atoms with Gasteiger partial charge in [0.1, 0.15) is 23.3 Å². The lowest BCUT2D eigenvalue weighted by atomic mass is 10.0. The molecule has 286 valence electrons. The van der Waals surface area contributed by atoms with Crippen molar-refractivity contribution in [3.63, 3.8) is 0 Å². The van der Waals surface area contributed by atoms with Crippen molar-refractivity contribution in [1.29, 1.82) is 0 Å². The van der Waals surface area contributed by atoms with Gasteiger partial charge < -0.3 is 30.2 Å². The molecule has 2 heterocycles. The minimum absolute atomic E-state index is 0.0645. The summed E-state index contributed by atoms with van der Waals surface area (Å²) < 4.78 is 98.5. The SMILES string of the molecule is COc1ccc(-n2nc(C(F)(F)F)cc2C(=O)Nc2ccc(-c3ccccc3S(C)(=O)=O)cc2F)c(C(=O)N[C@@H](C)C(=O)NCc2ccc3c(c2)OCO3)c1. The molecule has 1 aliphatic heterocycles. The first-order chi connectivity index (χ1) is 26.0. The smallest absolute Gasteiger partial charge is 0.435 e. The van der Waals surface area contributed by atoms with Gasteiger partial charge in [0.2, 0.25) is 12.7 Å². The Morgan fingerprint density at radius 2 is 1.69 bits per heavy atom. The first-order valence-corrected chi connectivity index (χ1v) is 18.2. The Balaban J connectivity index is 1.27. The van der Waals surface area contributed by atoms with Gasteiger partial charge in [-0.05, 0) is 66.6 Å². The number of halogens is 4. The molecule has 0 spiro atoms. The highest BCUT2D eigenvalue weighted by Crippen LogP contribution is 2.34. The number of methoxy groups -OCH3 is 1. The number of amides is 3. The molecule has 0 fully saturated rings. The molecule has 0 radical (unpaired) electrons. The normalized spacial score (nSPS) is 12.9. The van der Waals surface area contributed by atoms with E-state index >= 15 is 4.39 Å². The van der Waals surface area contributed by atoms with E-state index in [9.17, 15) is 36.0 Å². The number of nitrogens with zero attached hydrogens (tertiary/aromatic N) is 2. The second-order valence-corrected chi connectivity index (χ2v) is 14.2. The summed E-state index contributed by atoms with van der Waals surface area (Å²) >= 11 is 0. The predicted molar refractivity (Wildman–Crippen MR) is 189 cm³/mol. The Hall–Kier alpha value is -6.43. The summed E-state index contributed by atoms with van der Waals surface area (Å²) in [5.74, 6) is -2.59. The highest BCUT2D eigenvalue weighted by atomic mass is 32.2. The fourth-order valence-corrected chi connectivity index (χ4v) is 6.52. The number of hydrogen-bond donors (Lipinski definition) is 3. The van der Waals surface area contributed by atoms with E-state index in [1.54, 1.807) is 24.3 Å². The van der Waals surface area contributed by atoms with Gasteiger partial charge in [0.15, 0.2) is 27.0 Å². The first kappa shape index (κ1) is 38.3. The lowest BCUT2D eigenvalue weighted by Gasteiger charge is -2.17. The molecule has 55 heavy (non-hydrogen) atoms. The van der Waals surface area contributed by atoms with Crippen LogP contribution < -0.4 is 30.2 Å². The van der Waals surface area contributed by atoms with Crippen LogP contribution >= 0.6 is 0 Å². The molecule has 6 rings (SSSR count). The Kier molecular flexibility index (Phi) is 10.5. The maximum atomic E-state index is 15.4. The third kappa shape index (κ3) is 8.38. The van der Waals surface area contributed by atoms with E-state index in [2.05, 4.69) is 21.0 Å². The van der Waals surface area contributed by atoms with Crippen LogP contribution in [0.1, 0.15) is 39.0 Å². The average molecular weight is 782 g/mol. The summed E-state index contributed by atoms with van der Waals surface area (Å²) in [5.41, 5.74) is -2.26. The van der Waals surface area contributed by atoms with E-state index in [0.29, 0.717) is 27.8 Å². The number of aromatic nitrogens is 2. The molecule has 5 aromatic rings. The van der Waals surface area contributed by atoms with E-state index in [1.807, 2.05) is 0 Å². The quantitative estimate of drug-likeness (QED) is 0.146. The highest BCUT2D eigenvalue weighted by Gasteiger charge is 2.37. The monoisotopic (exact) mass is 781 g/mol. The van der Waals surface area contributed by atoms with Crippen molar-refractivity contribution in [2.24, 2.45) is 0 Å². The third-order valence-corrected chi connectivity index (χ3v) is 9.52. The van der Waals surface area contributed by atoms with Crippen molar-refractivity contribution in [2.45, 2.75) is 30.6 Å². The van der Waals surface area contributed by atoms with Crippen molar-refractivity contribution < 1.29 is 54.6 Å². The zero-order chi connectivity index (χ0) is 39.7. The van der Waals surface area contributed by atoms with Crippen LogP contribution in [-0.2, 0) is 27.4 Å². The molecule has 1 aliphatic rings. The summed E-state index contributed by atoms with van der Waals surface area (Å²) in [6.07, 6.45) is -4.05. The van der Waals surface area contributed by atoms with Crippen molar-refractivity contribution in [1.82, 2.24) is 20.4 Å². The molecule has 0 bridgehead atoms. The number of ether oxygens (including phenoxy) is 3. The van der Waals surface area contributed by atoms with Gasteiger partial charge in [0.25, 0.3) is 11.8 Å². The molecule has 13 nitrogen and oxygen atoms in total. The van der Waals surface area contributed by atoms with Crippen LogP contribution in [0.2, 0.25) is 0 Å². The summed E-state index contributed by atoms with van der Waals surface area (Å²) in [6, 6.07) is 17.4. The summed E-state index contributed by atoms with van der Waals surface area (Å²) in [6.45, 7) is 1.53. The van der Waals surface area contributed by atoms with Gasteiger partial charge in [-0.15, -0.1) is 0 Å². The Morgan fingerprint density at radius 1 is 0.945 bits per heavy atom. The highest BCUT2D eigenvalue weighted by molar-refractivity contribution is 7.90. The third-order valence-electron chi connectivity index (χ3n) is 8.37. The summed E-state index contributed by atoms with van der Waals surface area (Å²) in [4.78, 5) is 40.1. The molecule has 0 saturated carbocycles. The van der Waals surface area contributed by atoms with Crippen LogP contribution in [0.3, 0.4) is 0 Å². The first-order valence-electron chi connectivity index (χ1n) is 16.3. The molecule has 1 aromatic heterocycles. The van der Waals surface area contributed by atoms with E-state index in [-0.39, 0.29) is 46.4 Å². The molecule has 0 saturated heterocycles. The van der Waals surface area contributed by atoms with Gasteiger partial charge in [-0.2, -0.15) is 18.3 Å². The minimum atomic E-state index is -5.04.